The molecule has 240 valence electrons. The molecule has 0 nitrogen and oxygen atoms in total. The van der Waals surface area contributed by atoms with E-state index in [9.17, 15) is 0 Å². The van der Waals surface area contributed by atoms with E-state index in [4.69, 9.17) is 9.53 Å². The fraction of sp³-hybridized carbons (Fsp3) is 0.143. The molecule has 0 N–H and O–H groups in total. The van der Waals surface area contributed by atoms with Crippen molar-refractivity contribution in [1.82, 2.24) is 0 Å². The summed E-state index contributed by atoms with van der Waals surface area (Å²) >= 11 is -2.12. The standard InChI is InChI=1S/2C21H21P.ClH.Pd/c2*1-16-10-4-7-13-19(16)22(20-14-8-5-11-17(20)2)21-15-9-6-12-18(21)3;;/h2*4-15H,1-3H3;1H;/q;;;-2/p+1. The zero-order valence-electron chi connectivity index (χ0n) is 27.6. The quantitative estimate of drug-likeness (QED) is 0.108. The monoisotopic (exact) mass is 751 g/mol. The number of halogens is 1. The first kappa shape index (κ1) is 33.0. The zero-order chi connectivity index (χ0) is 32.5. The van der Waals surface area contributed by atoms with Crippen molar-refractivity contribution in [2.24, 2.45) is 0 Å². The van der Waals surface area contributed by atoms with E-state index in [1.807, 2.05) is 0 Å². The third-order valence-electron chi connectivity index (χ3n) is 9.41. The number of hydrogen-bond acceptors (Lipinski definition) is 0. The van der Waals surface area contributed by atoms with Crippen molar-refractivity contribution in [3.63, 3.8) is 0 Å². The Morgan fingerprint density at radius 2 is 0.457 bits per heavy atom. The fourth-order valence-corrected chi connectivity index (χ4v) is 55.0. The second kappa shape index (κ2) is 13.7. The summed E-state index contributed by atoms with van der Waals surface area (Å²) in [5.41, 5.74) is 2.03. The van der Waals surface area contributed by atoms with Crippen LogP contribution in [0.15, 0.2) is 146 Å². The van der Waals surface area contributed by atoms with E-state index < -0.39 is 25.6 Å². The van der Waals surface area contributed by atoms with Crippen LogP contribution in [0.5, 0.6) is 0 Å². The molecule has 0 heterocycles. The molecule has 0 bridgehead atoms. The first-order chi connectivity index (χ1) is 22.2. The Balaban J connectivity index is 1.94. The summed E-state index contributed by atoms with van der Waals surface area (Å²) in [4.78, 5) is 0. The van der Waals surface area contributed by atoms with Gasteiger partial charge in [0.15, 0.2) is 0 Å². The number of aryl methyl sites for hydroxylation is 6. The molecule has 0 aromatic heterocycles. The predicted octanol–water partition coefficient (Wildman–Crippen LogP) is 8.89. The second-order valence-corrected chi connectivity index (χ2v) is 35.4. The SMILES string of the molecule is Cc1ccccc1[PH](c1ccccc1C)(c1ccccc1C)[Pd-]([Cl])[PH](c1ccccc1C)(c1ccccc1C)c1ccccc1C. The van der Waals surface area contributed by atoms with Crippen LogP contribution in [0.2, 0.25) is 0 Å². The maximum absolute atomic E-state index is 9.01. The van der Waals surface area contributed by atoms with E-state index in [0.29, 0.717) is 0 Å². The maximum atomic E-state index is 9.01. The first-order valence-electron chi connectivity index (χ1n) is 15.9. The van der Waals surface area contributed by atoms with Crippen LogP contribution in [-0.4, -0.2) is 0 Å². The van der Waals surface area contributed by atoms with Crippen LogP contribution in [0, 0.1) is 41.5 Å². The van der Waals surface area contributed by atoms with Crippen LogP contribution in [-0.2, 0) is 14.7 Å². The summed E-state index contributed by atoms with van der Waals surface area (Å²) in [6.07, 6.45) is 0. The molecular formula is C42H44ClP2Pd-. The predicted molar refractivity (Wildman–Crippen MR) is 207 cm³/mol. The molecule has 0 aliphatic carbocycles. The summed E-state index contributed by atoms with van der Waals surface area (Å²) in [5.74, 6) is 0. The molecule has 0 radical (unpaired) electrons. The minimum atomic E-state index is -2.97. The number of rotatable bonds is 8. The molecule has 0 saturated carbocycles. The van der Waals surface area contributed by atoms with Crippen LogP contribution in [0.3, 0.4) is 0 Å². The molecule has 6 rings (SSSR count). The molecular weight excluding hydrogens is 708 g/mol. The summed E-state index contributed by atoms with van der Waals surface area (Å²) in [7, 11) is 9.01. The van der Waals surface area contributed by atoms with E-state index in [2.05, 4.69) is 187 Å². The van der Waals surface area contributed by atoms with Gasteiger partial charge in [0.05, 0.1) is 0 Å². The Hall–Kier alpha value is -2.87. The van der Waals surface area contributed by atoms with Gasteiger partial charge in [0, 0.05) is 0 Å². The molecule has 0 aliphatic heterocycles. The van der Waals surface area contributed by atoms with Crippen LogP contribution >= 0.6 is 20.4 Å². The van der Waals surface area contributed by atoms with Crippen LogP contribution in [0.1, 0.15) is 33.4 Å². The van der Waals surface area contributed by atoms with Gasteiger partial charge in [0.2, 0.25) is 0 Å². The molecule has 0 amide bonds. The van der Waals surface area contributed by atoms with E-state index in [1.165, 1.54) is 65.2 Å². The van der Waals surface area contributed by atoms with Gasteiger partial charge in [0.1, 0.15) is 0 Å². The van der Waals surface area contributed by atoms with Crippen molar-refractivity contribution in [2.45, 2.75) is 41.5 Å². The fourth-order valence-electron chi connectivity index (χ4n) is 7.15. The van der Waals surface area contributed by atoms with Gasteiger partial charge in [-0.25, -0.2) is 0 Å². The summed E-state index contributed by atoms with van der Waals surface area (Å²) in [6.45, 7) is 13.8. The molecule has 0 fully saturated rings. The van der Waals surface area contributed by atoms with E-state index >= 15 is 0 Å². The van der Waals surface area contributed by atoms with Gasteiger partial charge in [-0.15, -0.1) is 0 Å². The van der Waals surface area contributed by atoms with Crippen molar-refractivity contribution in [1.29, 1.82) is 0 Å². The summed E-state index contributed by atoms with van der Waals surface area (Å²) in [5, 5.41) is 8.68. The Morgan fingerprint density at radius 3 is 0.609 bits per heavy atom. The van der Waals surface area contributed by atoms with Crippen LogP contribution < -0.4 is 31.8 Å². The van der Waals surface area contributed by atoms with E-state index in [0.717, 1.165) is 0 Å². The van der Waals surface area contributed by atoms with Crippen molar-refractivity contribution >= 4 is 52.3 Å². The number of hydrogen-bond donors (Lipinski definition) is 0. The minimum absolute atomic E-state index is 1.33. The average molecular weight is 753 g/mol. The van der Waals surface area contributed by atoms with Crippen molar-refractivity contribution in [3.05, 3.63) is 179 Å². The molecule has 46 heavy (non-hydrogen) atoms. The third kappa shape index (κ3) is 5.36. The van der Waals surface area contributed by atoms with Crippen molar-refractivity contribution in [2.75, 3.05) is 0 Å². The molecule has 0 spiro atoms. The first-order valence-corrected chi connectivity index (χ1v) is 26.2. The molecule has 6 aromatic carbocycles. The topological polar surface area (TPSA) is 0 Å². The normalized spacial score (nSPS) is 12.9. The van der Waals surface area contributed by atoms with Gasteiger partial charge in [-0.3, -0.25) is 0 Å². The average Bonchev–Trinajstić information content (AvgIpc) is 3.06. The van der Waals surface area contributed by atoms with Gasteiger partial charge < -0.3 is 0 Å². The van der Waals surface area contributed by atoms with Crippen LogP contribution in [0.4, 0.5) is 0 Å². The molecule has 4 heteroatoms. The second-order valence-electron chi connectivity index (χ2n) is 12.3. The Kier molecular flexibility index (Phi) is 9.84. The molecule has 6 aromatic rings. The van der Waals surface area contributed by atoms with Gasteiger partial charge >= 0.3 is 288 Å². The third-order valence-corrected chi connectivity index (χ3v) is 46.3. The molecule has 0 saturated heterocycles. The van der Waals surface area contributed by atoms with Crippen LogP contribution in [0.25, 0.3) is 0 Å². The Labute approximate surface area is 285 Å². The van der Waals surface area contributed by atoms with Crippen molar-refractivity contribution < 1.29 is 14.7 Å². The van der Waals surface area contributed by atoms with Gasteiger partial charge in [-0.2, -0.15) is 0 Å². The molecule has 0 unspecified atom stereocenters. The Morgan fingerprint density at radius 1 is 0.304 bits per heavy atom. The van der Waals surface area contributed by atoms with Gasteiger partial charge in [-0.05, 0) is 0 Å². The van der Waals surface area contributed by atoms with E-state index in [-0.39, 0.29) is 0 Å². The molecule has 0 aliphatic rings. The molecule has 0 atom stereocenters. The zero-order valence-corrected chi connectivity index (χ0v) is 31.9. The summed E-state index contributed by atoms with van der Waals surface area (Å²) in [6, 6.07) is 54.9. The Bertz CT molecular complexity index is 1650. The van der Waals surface area contributed by atoms with Gasteiger partial charge in [-0.1, -0.05) is 0 Å². The van der Waals surface area contributed by atoms with Gasteiger partial charge in [0.25, 0.3) is 0 Å². The number of benzene rings is 6. The van der Waals surface area contributed by atoms with E-state index in [1.54, 1.807) is 0 Å². The van der Waals surface area contributed by atoms with Crippen molar-refractivity contribution in [3.8, 4) is 0 Å². The summed E-state index contributed by atoms with van der Waals surface area (Å²) < 4.78 is 0.